The predicted molar refractivity (Wildman–Crippen MR) is 136 cm³/mol. The van der Waals surface area contributed by atoms with Crippen molar-refractivity contribution in [3.8, 4) is 5.69 Å². The Balaban J connectivity index is 1.29. The molecular weight excluding hydrogens is 496 g/mol. The molecule has 1 fully saturated rings. The number of nitrogens with zero attached hydrogens (tertiary/aromatic N) is 4. The molecule has 3 aromatic rings. The Bertz CT molecular complexity index is 1150. The molecule has 2 aromatic carbocycles. The minimum Gasteiger partial charge on any atom is -0.446 e. The SMILES string of the molecule is CN(CCc1ccccc1)C(=O)OC1CCN(Cc2c(Br)c(=O)n(-c3ccccc3)n2C)CC1. The molecule has 7 nitrogen and oxygen atoms in total. The quantitative estimate of drug-likeness (QED) is 0.462. The van der Waals surface area contributed by atoms with E-state index < -0.39 is 0 Å². The fourth-order valence-electron chi connectivity index (χ4n) is 4.31. The van der Waals surface area contributed by atoms with E-state index in [-0.39, 0.29) is 17.8 Å². The summed E-state index contributed by atoms with van der Waals surface area (Å²) < 4.78 is 9.94. The Morgan fingerprint density at radius 3 is 2.32 bits per heavy atom. The van der Waals surface area contributed by atoms with Crippen LogP contribution in [0.5, 0.6) is 0 Å². The second-order valence-electron chi connectivity index (χ2n) is 8.75. The molecule has 180 valence electrons. The molecule has 1 aromatic heterocycles. The Morgan fingerprint density at radius 2 is 1.68 bits per heavy atom. The van der Waals surface area contributed by atoms with Gasteiger partial charge >= 0.3 is 6.09 Å². The average Bonchev–Trinajstić information content (AvgIpc) is 3.07. The third kappa shape index (κ3) is 5.62. The van der Waals surface area contributed by atoms with Crippen molar-refractivity contribution in [3.63, 3.8) is 0 Å². The minimum absolute atomic E-state index is 0.0638. The van der Waals surface area contributed by atoms with Gasteiger partial charge in [0, 0.05) is 40.3 Å². The molecule has 0 atom stereocenters. The van der Waals surface area contributed by atoms with Gasteiger partial charge in [0.1, 0.15) is 10.6 Å². The van der Waals surface area contributed by atoms with Gasteiger partial charge in [0.2, 0.25) is 0 Å². The van der Waals surface area contributed by atoms with Gasteiger partial charge in [-0.15, -0.1) is 0 Å². The van der Waals surface area contributed by atoms with Crippen LogP contribution in [0.1, 0.15) is 24.1 Å². The number of piperidine rings is 1. The van der Waals surface area contributed by atoms with Gasteiger partial charge in [0.05, 0.1) is 11.4 Å². The molecule has 0 saturated carbocycles. The van der Waals surface area contributed by atoms with E-state index >= 15 is 0 Å². The van der Waals surface area contributed by atoms with Gasteiger partial charge in [-0.25, -0.2) is 9.48 Å². The molecule has 1 aliphatic rings. The first-order valence-electron chi connectivity index (χ1n) is 11.6. The zero-order chi connectivity index (χ0) is 24.1. The fraction of sp³-hybridized carbons (Fsp3) is 0.385. The third-order valence-electron chi connectivity index (χ3n) is 6.39. The van der Waals surface area contributed by atoms with Crippen LogP contribution in [0.2, 0.25) is 0 Å². The summed E-state index contributed by atoms with van der Waals surface area (Å²) in [5.74, 6) is 0. The van der Waals surface area contributed by atoms with Crippen molar-refractivity contribution >= 4 is 22.0 Å². The van der Waals surface area contributed by atoms with Crippen molar-refractivity contribution in [2.24, 2.45) is 7.05 Å². The first-order valence-corrected chi connectivity index (χ1v) is 12.4. The molecule has 1 amide bonds. The summed E-state index contributed by atoms with van der Waals surface area (Å²) in [6, 6.07) is 19.8. The van der Waals surface area contributed by atoms with Gasteiger partial charge in [-0.3, -0.25) is 14.4 Å². The molecule has 34 heavy (non-hydrogen) atoms. The second kappa shape index (κ2) is 11.1. The van der Waals surface area contributed by atoms with E-state index in [4.69, 9.17) is 4.74 Å². The summed E-state index contributed by atoms with van der Waals surface area (Å²) in [4.78, 5) is 29.3. The molecule has 8 heteroatoms. The summed E-state index contributed by atoms with van der Waals surface area (Å²) in [5, 5.41) is 0. The smallest absolute Gasteiger partial charge is 0.409 e. The van der Waals surface area contributed by atoms with Gasteiger partial charge in [0.15, 0.2) is 0 Å². The molecule has 0 bridgehead atoms. The number of ether oxygens (including phenoxy) is 1. The highest BCUT2D eigenvalue weighted by Crippen LogP contribution is 2.21. The summed E-state index contributed by atoms with van der Waals surface area (Å²) >= 11 is 3.51. The van der Waals surface area contributed by atoms with Crippen molar-refractivity contribution in [1.82, 2.24) is 19.2 Å². The maximum atomic E-state index is 12.8. The van der Waals surface area contributed by atoms with Crippen LogP contribution in [-0.2, 0) is 24.8 Å². The van der Waals surface area contributed by atoms with Crippen molar-refractivity contribution in [2.75, 3.05) is 26.7 Å². The summed E-state index contributed by atoms with van der Waals surface area (Å²) in [7, 11) is 3.70. The maximum absolute atomic E-state index is 12.8. The largest absolute Gasteiger partial charge is 0.446 e. The molecule has 0 radical (unpaired) electrons. The van der Waals surface area contributed by atoms with Crippen LogP contribution in [0.25, 0.3) is 5.69 Å². The fourth-order valence-corrected chi connectivity index (χ4v) is 4.86. The van der Waals surface area contributed by atoms with Crippen molar-refractivity contribution in [3.05, 3.63) is 86.7 Å². The highest BCUT2D eigenvalue weighted by atomic mass is 79.9. The number of aromatic nitrogens is 2. The molecule has 1 saturated heterocycles. The van der Waals surface area contributed by atoms with E-state index in [9.17, 15) is 9.59 Å². The zero-order valence-electron chi connectivity index (χ0n) is 19.7. The first kappa shape index (κ1) is 24.3. The Labute approximate surface area is 208 Å². The molecule has 0 N–H and O–H groups in total. The van der Waals surface area contributed by atoms with E-state index in [1.807, 2.05) is 60.3 Å². The number of rotatable bonds is 7. The highest BCUT2D eigenvalue weighted by molar-refractivity contribution is 9.10. The standard InChI is InChI=1S/C26H31BrN4O3/c1-28(16-13-20-9-5-3-6-10-20)26(33)34-22-14-17-30(18-15-22)19-23-24(27)25(32)31(29(23)2)21-11-7-4-8-12-21/h3-12,22H,13-19H2,1-2H3. The van der Waals surface area contributed by atoms with Gasteiger partial charge in [0.25, 0.3) is 5.56 Å². The van der Waals surface area contributed by atoms with Crippen LogP contribution in [0, 0.1) is 0 Å². The molecular formula is C26H31BrN4O3. The predicted octanol–water partition coefficient (Wildman–Crippen LogP) is 4.21. The zero-order valence-corrected chi connectivity index (χ0v) is 21.3. The number of carbonyl (C=O) groups excluding carboxylic acids is 1. The van der Waals surface area contributed by atoms with Crippen molar-refractivity contribution < 1.29 is 9.53 Å². The number of likely N-dealkylation sites (N-methyl/N-ethyl adjacent to an activating group) is 1. The van der Waals surface area contributed by atoms with E-state index in [2.05, 4.69) is 33.0 Å². The molecule has 0 spiro atoms. The van der Waals surface area contributed by atoms with Crippen LogP contribution in [0.3, 0.4) is 0 Å². The van der Waals surface area contributed by atoms with Crippen LogP contribution in [-0.4, -0.2) is 58.0 Å². The second-order valence-corrected chi connectivity index (χ2v) is 9.55. The number of halogens is 1. The van der Waals surface area contributed by atoms with Crippen LogP contribution in [0.4, 0.5) is 4.79 Å². The Hall–Kier alpha value is -2.84. The summed E-state index contributed by atoms with van der Waals surface area (Å²) in [6.07, 6.45) is 2.02. The lowest BCUT2D eigenvalue weighted by molar-refractivity contribution is 0.0306. The molecule has 0 unspecified atom stereocenters. The lowest BCUT2D eigenvalue weighted by atomic mass is 10.1. The Kier molecular flexibility index (Phi) is 7.90. The van der Waals surface area contributed by atoms with E-state index in [0.29, 0.717) is 17.6 Å². The number of amides is 1. The topological polar surface area (TPSA) is 59.7 Å². The van der Waals surface area contributed by atoms with Crippen LogP contribution < -0.4 is 5.56 Å². The van der Waals surface area contributed by atoms with Gasteiger partial charge < -0.3 is 9.64 Å². The third-order valence-corrected chi connectivity index (χ3v) is 7.19. The maximum Gasteiger partial charge on any atom is 0.409 e. The number of carbonyl (C=O) groups is 1. The van der Waals surface area contributed by atoms with Crippen LogP contribution >= 0.6 is 15.9 Å². The van der Waals surface area contributed by atoms with Gasteiger partial charge in [-0.1, -0.05) is 48.5 Å². The minimum atomic E-state index is -0.264. The van der Waals surface area contributed by atoms with Crippen molar-refractivity contribution in [1.29, 1.82) is 0 Å². The number of para-hydroxylation sites is 1. The highest BCUT2D eigenvalue weighted by Gasteiger charge is 2.26. The van der Waals surface area contributed by atoms with Crippen LogP contribution in [0.15, 0.2) is 69.9 Å². The van der Waals surface area contributed by atoms with E-state index in [1.165, 1.54) is 5.56 Å². The van der Waals surface area contributed by atoms with Gasteiger partial charge in [-0.2, -0.15) is 0 Å². The number of likely N-dealkylation sites (tertiary alicyclic amines) is 1. The Morgan fingerprint density at radius 1 is 1.06 bits per heavy atom. The van der Waals surface area contributed by atoms with Gasteiger partial charge in [-0.05, 0) is 52.9 Å². The lowest BCUT2D eigenvalue weighted by Crippen LogP contribution is -2.40. The summed E-state index contributed by atoms with van der Waals surface area (Å²) in [6.45, 7) is 2.90. The first-order chi connectivity index (χ1) is 16.4. The molecule has 0 aliphatic carbocycles. The van der Waals surface area contributed by atoms with E-state index in [1.54, 1.807) is 16.6 Å². The molecule has 1 aliphatic heterocycles. The molecule has 2 heterocycles. The number of benzene rings is 2. The monoisotopic (exact) mass is 526 g/mol. The van der Waals surface area contributed by atoms with E-state index in [0.717, 1.165) is 43.7 Å². The van der Waals surface area contributed by atoms with Crippen molar-refractivity contribution in [2.45, 2.75) is 31.9 Å². The normalized spacial score (nSPS) is 14.8. The summed E-state index contributed by atoms with van der Waals surface area (Å²) in [5.41, 5.74) is 2.91. The number of hydrogen-bond donors (Lipinski definition) is 0. The number of hydrogen-bond acceptors (Lipinski definition) is 4. The average molecular weight is 527 g/mol. The molecule has 4 rings (SSSR count). The lowest BCUT2D eigenvalue weighted by Gasteiger charge is -2.32.